The first-order valence-corrected chi connectivity index (χ1v) is 7.66. The first-order valence-electron chi connectivity index (χ1n) is 7.66. The summed E-state index contributed by atoms with van der Waals surface area (Å²) in [5.41, 5.74) is 1.49. The van der Waals surface area contributed by atoms with Gasteiger partial charge < -0.3 is 10.6 Å². The molecule has 0 atom stereocenters. The van der Waals surface area contributed by atoms with Crippen molar-refractivity contribution < 1.29 is 17.6 Å². The molecule has 0 fully saturated rings. The fourth-order valence-corrected chi connectivity index (χ4v) is 2.16. The zero-order chi connectivity index (χ0) is 18.2. The predicted octanol–water partition coefficient (Wildman–Crippen LogP) is 3.30. The summed E-state index contributed by atoms with van der Waals surface area (Å²) in [6, 6.07) is 4.86. The SMILES string of the molecule is CN=C(NCCCN(C)CC(F)(F)F)NCc1ccc(F)c(C)c1.I. The van der Waals surface area contributed by atoms with Gasteiger partial charge in [0, 0.05) is 20.1 Å². The molecule has 0 radical (unpaired) electrons. The Kier molecular flexibility index (Phi) is 11.0. The van der Waals surface area contributed by atoms with Gasteiger partial charge in [-0.25, -0.2) is 4.39 Å². The molecule has 0 amide bonds. The molecular weight excluding hydrogens is 451 g/mol. The van der Waals surface area contributed by atoms with Gasteiger partial charge in [0.05, 0.1) is 6.54 Å². The number of aryl methyl sites for hydroxylation is 1. The Balaban J connectivity index is 0.00000576. The summed E-state index contributed by atoms with van der Waals surface area (Å²) in [5, 5.41) is 6.12. The fourth-order valence-electron chi connectivity index (χ4n) is 2.16. The number of benzene rings is 1. The van der Waals surface area contributed by atoms with E-state index in [-0.39, 0.29) is 29.8 Å². The van der Waals surface area contributed by atoms with Gasteiger partial charge in [-0.15, -0.1) is 24.0 Å². The lowest BCUT2D eigenvalue weighted by Gasteiger charge is -2.19. The molecule has 4 nitrogen and oxygen atoms in total. The number of halogens is 5. The normalized spacial score (nSPS) is 12.1. The summed E-state index contributed by atoms with van der Waals surface area (Å²) in [5.74, 6) is 0.305. The Morgan fingerprint density at radius 3 is 2.48 bits per heavy atom. The summed E-state index contributed by atoms with van der Waals surface area (Å²) in [6.07, 6.45) is -3.62. The van der Waals surface area contributed by atoms with Crippen molar-refractivity contribution in [2.45, 2.75) is 26.1 Å². The lowest BCUT2D eigenvalue weighted by Crippen LogP contribution is -2.39. The van der Waals surface area contributed by atoms with Crippen molar-refractivity contribution in [1.82, 2.24) is 15.5 Å². The molecule has 9 heteroatoms. The zero-order valence-electron chi connectivity index (χ0n) is 14.6. The van der Waals surface area contributed by atoms with E-state index in [0.29, 0.717) is 37.6 Å². The van der Waals surface area contributed by atoms with E-state index in [1.807, 2.05) is 0 Å². The van der Waals surface area contributed by atoms with E-state index in [0.717, 1.165) is 5.56 Å². The Hall–Kier alpha value is -1.10. The third-order valence-electron chi connectivity index (χ3n) is 3.36. The highest BCUT2D eigenvalue weighted by molar-refractivity contribution is 14.0. The second-order valence-corrected chi connectivity index (χ2v) is 5.64. The number of hydrogen-bond donors (Lipinski definition) is 2. The highest BCUT2D eigenvalue weighted by atomic mass is 127. The second-order valence-electron chi connectivity index (χ2n) is 5.64. The Morgan fingerprint density at radius 2 is 1.92 bits per heavy atom. The van der Waals surface area contributed by atoms with Gasteiger partial charge in [-0.05, 0) is 44.1 Å². The number of hydrogen-bond acceptors (Lipinski definition) is 2. The standard InChI is InChI=1S/C16H24F4N4.HI/c1-12-9-13(5-6-14(12)17)10-23-15(21-2)22-7-4-8-24(3)11-16(18,19)20;/h5-6,9H,4,7-8,10-11H2,1-3H3,(H2,21,22,23);1H. The molecule has 0 spiro atoms. The molecule has 0 bridgehead atoms. The summed E-state index contributed by atoms with van der Waals surface area (Å²) in [7, 11) is 3.05. The molecule has 25 heavy (non-hydrogen) atoms. The molecule has 0 unspecified atom stereocenters. The molecule has 0 aliphatic heterocycles. The van der Waals surface area contributed by atoms with Crippen LogP contribution in [0.2, 0.25) is 0 Å². The van der Waals surface area contributed by atoms with Gasteiger partial charge in [-0.3, -0.25) is 9.89 Å². The van der Waals surface area contributed by atoms with Crippen molar-refractivity contribution >= 4 is 29.9 Å². The molecule has 0 heterocycles. The first kappa shape index (κ1) is 23.9. The summed E-state index contributed by atoms with van der Waals surface area (Å²) >= 11 is 0. The van der Waals surface area contributed by atoms with Crippen molar-refractivity contribution in [2.75, 3.05) is 33.7 Å². The van der Waals surface area contributed by atoms with E-state index in [4.69, 9.17) is 0 Å². The van der Waals surface area contributed by atoms with Crippen LogP contribution < -0.4 is 10.6 Å². The maximum Gasteiger partial charge on any atom is 0.401 e. The fraction of sp³-hybridized carbons (Fsp3) is 0.562. The molecule has 0 saturated heterocycles. The van der Waals surface area contributed by atoms with Crippen molar-refractivity contribution in [3.63, 3.8) is 0 Å². The first-order chi connectivity index (χ1) is 11.2. The topological polar surface area (TPSA) is 39.7 Å². The number of rotatable bonds is 7. The van der Waals surface area contributed by atoms with E-state index in [2.05, 4.69) is 15.6 Å². The van der Waals surface area contributed by atoms with Crippen molar-refractivity contribution in [1.29, 1.82) is 0 Å². The molecule has 2 N–H and O–H groups in total. The Labute approximate surface area is 163 Å². The van der Waals surface area contributed by atoms with Crippen LogP contribution in [0.4, 0.5) is 17.6 Å². The van der Waals surface area contributed by atoms with E-state index in [1.54, 1.807) is 26.1 Å². The zero-order valence-corrected chi connectivity index (χ0v) is 16.9. The van der Waals surface area contributed by atoms with Gasteiger partial charge in [0.1, 0.15) is 5.82 Å². The maximum absolute atomic E-state index is 13.2. The van der Waals surface area contributed by atoms with Crippen LogP contribution in [0.5, 0.6) is 0 Å². The van der Waals surface area contributed by atoms with Crippen LogP contribution >= 0.6 is 24.0 Å². The van der Waals surface area contributed by atoms with Crippen LogP contribution in [0.3, 0.4) is 0 Å². The maximum atomic E-state index is 13.2. The lowest BCUT2D eigenvalue weighted by molar-refractivity contribution is -0.143. The number of guanidine groups is 1. The smallest absolute Gasteiger partial charge is 0.356 e. The summed E-state index contributed by atoms with van der Waals surface area (Å²) in [6.45, 7) is 2.10. The van der Waals surface area contributed by atoms with E-state index >= 15 is 0 Å². The molecule has 144 valence electrons. The van der Waals surface area contributed by atoms with Crippen molar-refractivity contribution in [3.8, 4) is 0 Å². The minimum atomic E-state index is -4.17. The predicted molar refractivity (Wildman–Crippen MR) is 103 cm³/mol. The third kappa shape index (κ3) is 10.5. The quantitative estimate of drug-likeness (QED) is 0.209. The molecule has 1 aromatic rings. The van der Waals surface area contributed by atoms with Crippen LogP contribution in [0, 0.1) is 12.7 Å². The van der Waals surface area contributed by atoms with Crippen LogP contribution in [0.15, 0.2) is 23.2 Å². The molecule has 0 aromatic heterocycles. The van der Waals surface area contributed by atoms with Gasteiger partial charge in [0.25, 0.3) is 0 Å². The summed E-state index contributed by atoms with van der Waals surface area (Å²) < 4.78 is 49.8. The van der Waals surface area contributed by atoms with Gasteiger partial charge in [-0.2, -0.15) is 13.2 Å². The minimum absolute atomic E-state index is 0. The minimum Gasteiger partial charge on any atom is -0.356 e. The van der Waals surface area contributed by atoms with Gasteiger partial charge in [0.2, 0.25) is 0 Å². The van der Waals surface area contributed by atoms with Crippen LogP contribution in [0.1, 0.15) is 17.5 Å². The highest BCUT2D eigenvalue weighted by Gasteiger charge is 2.28. The van der Waals surface area contributed by atoms with Crippen molar-refractivity contribution in [3.05, 3.63) is 35.1 Å². The summed E-state index contributed by atoms with van der Waals surface area (Å²) in [4.78, 5) is 5.28. The van der Waals surface area contributed by atoms with E-state index in [9.17, 15) is 17.6 Å². The van der Waals surface area contributed by atoms with E-state index < -0.39 is 12.7 Å². The van der Waals surface area contributed by atoms with Gasteiger partial charge in [0.15, 0.2) is 5.96 Å². The van der Waals surface area contributed by atoms with Crippen LogP contribution in [-0.4, -0.2) is 50.8 Å². The largest absolute Gasteiger partial charge is 0.401 e. The van der Waals surface area contributed by atoms with Crippen LogP contribution in [-0.2, 0) is 6.54 Å². The molecule has 1 rings (SSSR count). The average molecular weight is 476 g/mol. The number of nitrogens with zero attached hydrogens (tertiary/aromatic N) is 2. The molecular formula is C16H25F4IN4. The second kappa shape index (κ2) is 11.5. The van der Waals surface area contributed by atoms with Gasteiger partial charge in [-0.1, -0.05) is 12.1 Å². The Morgan fingerprint density at radius 1 is 1.24 bits per heavy atom. The number of aliphatic imine (C=N–C) groups is 1. The monoisotopic (exact) mass is 476 g/mol. The lowest BCUT2D eigenvalue weighted by atomic mass is 10.1. The third-order valence-corrected chi connectivity index (χ3v) is 3.36. The van der Waals surface area contributed by atoms with E-state index in [1.165, 1.54) is 18.0 Å². The molecule has 0 aliphatic rings. The number of alkyl halides is 3. The average Bonchev–Trinajstić information content (AvgIpc) is 2.48. The molecule has 1 aromatic carbocycles. The highest BCUT2D eigenvalue weighted by Crippen LogP contribution is 2.15. The van der Waals surface area contributed by atoms with Crippen LogP contribution in [0.25, 0.3) is 0 Å². The van der Waals surface area contributed by atoms with Gasteiger partial charge >= 0.3 is 6.18 Å². The Bertz CT molecular complexity index is 549. The molecule has 0 saturated carbocycles. The number of nitrogens with one attached hydrogen (secondary N) is 2. The molecule has 0 aliphatic carbocycles. The van der Waals surface area contributed by atoms with Crippen molar-refractivity contribution in [2.24, 2.45) is 4.99 Å².